The minimum Gasteiger partial charge on any atom is -0.489 e. The summed E-state index contributed by atoms with van der Waals surface area (Å²) < 4.78 is 29.1. The van der Waals surface area contributed by atoms with Crippen molar-refractivity contribution in [2.24, 2.45) is 11.1 Å². The van der Waals surface area contributed by atoms with Crippen molar-refractivity contribution in [3.63, 3.8) is 0 Å². The van der Waals surface area contributed by atoms with Crippen LogP contribution >= 0.6 is 15.9 Å². The lowest BCUT2D eigenvalue weighted by Gasteiger charge is -2.28. The normalized spacial score (nSPS) is 23.6. The SMILES string of the molecule is CCC1CCC(Oc2ccc(S(N)(=O)=O)cc2Br)CC1. The van der Waals surface area contributed by atoms with Gasteiger partial charge in [0.2, 0.25) is 10.0 Å². The summed E-state index contributed by atoms with van der Waals surface area (Å²) in [7, 11) is -3.67. The van der Waals surface area contributed by atoms with Gasteiger partial charge in [-0.1, -0.05) is 13.3 Å². The van der Waals surface area contributed by atoms with E-state index in [4.69, 9.17) is 9.88 Å². The molecule has 0 amide bonds. The number of ether oxygens (including phenoxy) is 1. The third-order valence-electron chi connectivity index (χ3n) is 3.90. The van der Waals surface area contributed by atoms with Crippen LogP contribution in [0.4, 0.5) is 0 Å². The van der Waals surface area contributed by atoms with Crippen molar-refractivity contribution < 1.29 is 13.2 Å². The van der Waals surface area contributed by atoms with Gasteiger partial charge >= 0.3 is 0 Å². The minimum absolute atomic E-state index is 0.0893. The molecule has 0 spiro atoms. The van der Waals surface area contributed by atoms with E-state index in [0.717, 1.165) is 18.8 Å². The van der Waals surface area contributed by atoms with Crippen LogP contribution in [0.15, 0.2) is 27.6 Å². The number of hydrogen-bond donors (Lipinski definition) is 1. The van der Waals surface area contributed by atoms with Crippen molar-refractivity contribution in [3.8, 4) is 5.75 Å². The van der Waals surface area contributed by atoms with Crippen molar-refractivity contribution in [1.29, 1.82) is 0 Å². The van der Waals surface area contributed by atoms with Crippen LogP contribution < -0.4 is 9.88 Å². The lowest BCUT2D eigenvalue weighted by atomic mass is 9.86. The number of hydrogen-bond acceptors (Lipinski definition) is 3. The number of nitrogens with two attached hydrogens (primary N) is 1. The van der Waals surface area contributed by atoms with Crippen molar-refractivity contribution in [2.45, 2.75) is 50.0 Å². The first kappa shape index (κ1) is 15.8. The summed E-state index contributed by atoms with van der Waals surface area (Å²) in [5, 5.41) is 5.10. The predicted molar refractivity (Wildman–Crippen MR) is 82.2 cm³/mol. The summed E-state index contributed by atoms with van der Waals surface area (Å²) in [6, 6.07) is 4.63. The van der Waals surface area contributed by atoms with Gasteiger partial charge in [0.05, 0.1) is 15.5 Å². The standard InChI is InChI=1S/C14H20BrNO3S/c1-2-10-3-5-11(6-4-10)19-14-8-7-12(9-13(14)15)20(16,17)18/h7-11H,2-6H2,1H3,(H2,16,17,18). The molecule has 2 rings (SSSR count). The zero-order chi connectivity index (χ0) is 14.8. The summed E-state index contributed by atoms with van der Waals surface area (Å²) in [5.74, 6) is 1.50. The van der Waals surface area contributed by atoms with E-state index >= 15 is 0 Å². The van der Waals surface area contributed by atoms with E-state index in [1.165, 1.54) is 31.4 Å². The van der Waals surface area contributed by atoms with Crippen LogP contribution in [0, 0.1) is 5.92 Å². The summed E-state index contributed by atoms with van der Waals surface area (Å²) >= 11 is 3.35. The van der Waals surface area contributed by atoms with E-state index in [2.05, 4.69) is 22.9 Å². The fourth-order valence-corrected chi connectivity index (χ4v) is 3.76. The molecule has 1 aromatic rings. The summed E-state index contributed by atoms with van der Waals surface area (Å²) in [5.41, 5.74) is 0. The summed E-state index contributed by atoms with van der Waals surface area (Å²) in [6.07, 6.45) is 5.97. The van der Waals surface area contributed by atoms with E-state index in [1.807, 2.05) is 0 Å². The molecule has 1 aromatic carbocycles. The fraction of sp³-hybridized carbons (Fsp3) is 0.571. The molecule has 0 aromatic heterocycles. The molecule has 2 N–H and O–H groups in total. The van der Waals surface area contributed by atoms with Crippen molar-refractivity contribution in [1.82, 2.24) is 0 Å². The monoisotopic (exact) mass is 361 g/mol. The molecule has 6 heteroatoms. The highest BCUT2D eigenvalue weighted by Gasteiger charge is 2.22. The Balaban J connectivity index is 2.04. The van der Waals surface area contributed by atoms with E-state index in [0.29, 0.717) is 10.2 Å². The average molecular weight is 362 g/mol. The molecule has 1 aliphatic rings. The van der Waals surface area contributed by atoms with E-state index in [9.17, 15) is 8.42 Å². The van der Waals surface area contributed by atoms with Gasteiger partial charge in [-0.25, -0.2) is 13.6 Å². The molecule has 1 aliphatic carbocycles. The molecule has 0 atom stereocenters. The minimum atomic E-state index is -3.67. The first-order valence-electron chi connectivity index (χ1n) is 6.89. The van der Waals surface area contributed by atoms with Gasteiger partial charge < -0.3 is 4.74 Å². The predicted octanol–water partition coefficient (Wildman–Crippen LogP) is 3.44. The third kappa shape index (κ3) is 3.96. The highest BCUT2D eigenvalue weighted by atomic mass is 79.9. The Labute approximate surface area is 128 Å². The Morgan fingerprint density at radius 2 is 1.95 bits per heavy atom. The maximum Gasteiger partial charge on any atom is 0.238 e. The van der Waals surface area contributed by atoms with Gasteiger partial charge in [0.15, 0.2) is 0 Å². The number of primary sulfonamides is 1. The average Bonchev–Trinajstić information content (AvgIpc) is 2.41. The zero-order valence-electron chi connectivity index (χ0n) is 11.5. The van der Waals surface area contributed by atoms with E-state index in [1.54, 1.807) is 6.07 Å². The molecular formula is C14H20BrNO3S. The van der Waals surface area contributed by atoms with Gasteiger partial charge in [-0.15, -0.1) is 0 Å². The maximum atomic E-state index is 11.3. The lowest BCUT2D eigenvalue weighted by molar-refractivity contribution is 0.129. The summed E-state index contributed by atoms with van der Waals surface area (Å²) in [4.78, 5) is 0.0893. The van der Waals surface area contributed by atoms with E-state index < -0.39 is 10.0 Å². The van der Waals surface area contributed by atoms with Crippen LogP contribution in [-0.2, 0) is 10.0 Å². The van der Waals surface area contributed by atoms with Crippen LogP contribution in [-0.4, -0.2) is 14.5 Å². The number of sulfonamides is 1. The molecule has 0 bridgehead atoms. The van der Waals surface area contributed by atoms with Crippen LogP contribution in [0.1, 0.15) is 39.0 Å². The first-order chi connectivity index (χ1) is 9.40. The van der Waals surface area contributed by atoms with Crippen LogP contribution in [0.3, 0.4) is 0 Å². The first-order valence-corrected chi connectivity index (χ1v) is 9.23. The highest BCUT2D eigenvalue weighted by molar-refractivity contribution is 9.10. The highest BCUT2D eigenvalue weighted by Crippen LogP contribution is 2.33. The number of rotatable bonds is 4. The van der Waals surface area contributed by atoms with Gasteiger partial charge in [-0.3, -0.25) is 0 Å². The molecule has 0 unspecified atom stereocenters. The quantitative estimate of drug-likeness (QED) is 0.892. The molecule has 0 saturated heterocycles. The second-order valence-corrected chi connectivity index (χ2v) is 7.72. The second-order valence-electron chi connectivity index (χ2n) is 5.31. The van der Waals surface area contributed by atoms with Gasteiger partial charge in [-0.2, -0.15) is 0 Å². The largest absolute Gasteiger partial charge is 0.489 e. The lowest BCUT2D eigenvalue weighted by Crippen LogP contribution is -2.24. The van der Waals surface area contributed by atoms with Gasteiger partial charge in [0.1, 0.15) is 5.75 Å². The number of benzene rings is 1. The molecule has 0 heterocycles. The maximum absolute atomic E-state index is 11.3. The second kappa shape index (κ2) is 6.45. The Kier molecular flexibility index (Phi) is 5.09. The van der Waals surface area contributed by atoms with Crippen molar-refractivity contribution in [3.05, 3.63) is 22.7 Å². The molecule has 0 radical (unpaired) electrons. The number of halogens is 1. The van der Waals surface area contributed by atoms with Gasteiger partial charge in [0, 0.05) is 0 Å². The topological polar surface area (TPSA) is 69.4 Å². The van der Waals surface area contributed by atoms with Crippen LogP contribution in [0.2, 0.25) is 0 Å². The zero-order valence-corrected chi connectivity index (χ0v) is 13.9. The van der Waals surface area contributed by atoms with Crippen LogP contribution in [0.5, 0.6) is 5.75 Å². The van der Waals surface area contributed by atoms with Crippen molar-refractivity contribution in [2.75, 3.05) is 0 Å². The Bertz CT molecular complexity index is 566. The van der Waals surface area contributed by atoms with E-state index in [-0.39, 0.29) is 11.0 Å². The summed E-state index contributed by atoms with van der Waals surface area (Å²) in [6.45, 7) is 2.23. The molecule has 4 nitrogen and oxygen atoms in total. The Morgan fingerprint density at radius 1 is 1.30 bits per heavy atom. The fourth-order valence-electron chi connectivity index (χ4n) is 2.59. The molecule has 1 fully saturated rings. The Hall–Kier alpha value is -0.590. The van der Waals surface area contributed by atoms with Gasteiger partial charge in [0.25, 0.3) is 0 Å². The van der Waals surface area contributed by atoms with Crippen LogP contribution in [0.25, 0.3) is 0 Å². The molecule has 20 heavy (non-hydrogen) atoms. The third-order valence-corrected chi connectivity index (χ3v) is 5.43. The molecule has 0 aliphatic heterocycles. The van der Waals surface area contributed by atoms with Gasteiger partial charge in [-0.05, 0) is 65.7 Å². The molecule has 112 valence electrons. The molecular weight excluding hydrogens is 342 g/mol. The smallest absolute Gasteiger partial charge is 0.238 e. The Morgan fingerprint density at radius 3 is 2.45 bits per heavy atom. The van der Waals surface area contributed by atoms with Crippen molar-refractivity contribution >= 4 is 26.0 Å². The molecule has 1 saturated carbocycles.